The van der Waals surface area contributed by atoms with Crippen LogP contribution in [-0.2, 0) is 15.7 Å². The minimum absolute atomic E-state index is 0.150. The van der Waals surface area contributed by atoms with E-state index in [4.69, 9.17) is 16.4 Å². The number of benzene rings is 2. The third-order valence-corrected chi connectivity index (χ3v) is 4.29. The summed E-state index contributed by atoms with van der Waals surface area (Å²) in [7, 11) is 0. The van der Waals surface area contributed by atoms with E-state index in [0.717, 1.165) is 47.7 Å². The van der Waals surface area contributed by atoms with Crippen LogP contribution < -0.4 is 16.4 Å². The highest BCUT2D eigenvalue weighted by atomic mass is 32.2. The lowest BCUT2D eigenvalue weighted by atomic mass is 10.1. The number of hydrogen-bond donors (Lipinski definition) is 2. The van der Waals surface area contributed by atoms with Crippen LogP contribution in [0.15, 0.2) is 47.4 Å². The van der Waals surface area contributed by atoms with Gasteiger partial charge in [0, 0.05) is 10.9 Å². The third-order valence-electron chi connectivity index (χ3n) is 3.53. The summed E-state index contributed by atoms with van der Waals surface area (Å²) in [5, 5.41) is 0. The summed E-state index contributed by atoms with van der Waals surface area (Å²) in [6.07, 6.45) is 1.91. The van der Waals surface area contributed by atoms with Crippen LogP contribution in [0.4, 0.5) is 0 Å². The number of nitrogens with two attached hydrogens (primary N) is 2. The minimum Gasteiger partial charge on any atom is -0.493 e. The van der Waals surface area contributed by atoms with Crippen LogP contribution >= 0.6 is 12.0 Å². The Bertz CT molecular complexity index is 651. The van der Waals surface area contributed by atoms with E-state index in [-0.39, 0.29) is 6.04 Å². The molecule has 0 heterocycles. The SMILES string of the molecule is CCCOc1ccccc1C.Cc1ccc(C[C@@H](C)N)cc1SOON. The summed E-state index contributed by atoms with van der Waals surface area (Å²) in [5.41, 5.74) is 9.23. The molecule has 26 heavy (non-hydrogen) atoms. The fourth-order valence-corrected chi connectivity index (χ4v) is 2.73. The first kappa shape index (κ1) is 22.5. The molecular formula is C20H30N2O3S. The number of rotatable bonds is 8. The van der Waals surface area contributed by atoms with Gasteiger partial charge in [0.2, 0.25) is 0 Å². The summed E-state index contributed by atoms with van der Waals surface area (Å²) >= 11 is 1.10. The van der Waals surface area contributed by atoms with Gasteiger partial charge in [-0.05, 0) is 62.4 Å². The average molecular weight is 379 g/mol. The summed E-state index contributed by atoms with van der Waals surface area (Å²) in [6, 6.07) is 14.4. The molecule has 0 fully saturated rings. The molecule has 0 radical (unpaired) electrons. The molecule has 0 saturated heterocycles. The highest BCUT2D eigenvalue weighted by Crippen LogP contribution is 2.24. The van der Waals surface area contributed by atoms with Crippen molar-refractivity contribution in [3.8, 4) is 5.75 Å². The van der Waals surface area contributed by atoms with Gasteiger partial charge in [-0.1, -0.05) is 37.3 Å². The topological polar surface area (TPSA) is 79.7 Å². The summed E-state index contributed by atoms with van der Waals surface area (Å²) in [5.74, 6) is 5.79. The first-order chi connectivity index (χ1) is 12.5. The van der Waals surface area contributed by atoms with E-state index >= 15 is 0 Å². The maximum absolute atomic E-state index is 5.73. The second kappa shape index (κ2) is 12.7. The molecule has 0 spiro atoms. The highest BCUT2D eigenvalue weighted by molar-refractivity contribution is 7.94. The second-order valence-electron chi connectivity index (χ2n) is 6.14. The van der Waals surface area contributed by atoms with Gasteiger partial charge < -0.3 is 10.5 Å². The van der Waals surface area contributed by atoms with Gasteiger partial charge >= 0.3 is 0 Å². The molecule has 5 nitrogen and oxygen atoms in total. The number of aryl methyl sites for hydroxylation is 2. The smallest absolute Gasteiger partial charge is 0.122 e. The lowest BCUT2D eigenvalue weighted by molar-refractivity contribution is -0.195. The third kappa shape index (κ3) is 8.69. The van der Waals surface area contributed by atoms with E-state index in [1.54, 1.807) is 0 Å². The van der Waals surface area contributed by atoms with Crippen molar-refractivity contribution in [3.63, 3.8) is 0 Å². The largest absolute Gasteiger partial charge is 0.493 e. The molecule has 1 atom stereocenters. The highest BCUT2D eigenvalue weighted by Gasteiger charge is 2.04. The lowest BCUT2D eigenvalue weighted by Gasteiger charge is -2.08. The van der Waals surface area contributed by atoms with E-state index in [1.807, 2.05) is 44.2 Å². The lowest BCUT2D eigenvalue weighted by Crippen LogP contribution is -2.17. The van der Waals surface area contributed by atoms with Crippen molar-refractivity contribution in [3.05, 3.63) is 59.2 Å². The zero-order valence-electron chi connectivity index (χ0n) is 16.0. The molecule has 2 aromatic rings. The van der Waals surface area contributed by atoms with Gasteiger partial charge in [0.05, 0.1) is 18.6 Å². The van der Waals surface area contributed by atoms with Crippen LogP contribution in [0.3, 0.4) is 0 Å². The van der Waals surface area contributed by atoms with Gasteiger partial charge in [0.25, 0.3) is 0 Å². The normalized spacial score (nSPS) is 11.5. The molecule has 0 aliphatic carbocycles. The van der Waals surface area contributed by atoms with E-state index in [0.29, 0.717) is 0 Å². The molecular weight excluding hydrogens is 348 g/mol. The Morgan fingerprint density at radius 1 is 1.08 bits per heavy atom. The number of para-hydroxylation sites is 1. The Morgan fingerprint density at radius 2 is 1.81 bits per heavy atom. The Hall–Kier alpha value is -1.57. The van der Waals surface area contributed by atoms with E-state index in [1.165, 1.54) is 11.1 Å². The molecule has 6 heteroatoms. The zero-order chi connectivity index (χ0) is 19.4. The molecule has 0 unspecified atom stereocenters. The van der Waals surface area contributed by atoms with Crippen molar-refractivity contribution < 1.29 is 14.1 Å². The quantitative estimate of drug-likeness (QED) is 0.400. The maximum atomic E-state index is 5.73. The molecule has 0 bridgehead atoms. The predicted molar refractivity (Wildman–Crippen MR) is 108 cm³/mol. The van der Waals surface area contributed by atoms with Crippen LogP contribution in [0.25, 0.3) is 0 Å². The zero-order valence-corrected chi connectivity index (χ0v) is 16.8. The monoisotopic (exact) mass is 378 g/mol. The molecule has 0 amide bonds. The second-order valence-corrected chi connectivity index (χ2v) is 6.89. The van der Waals surface area contributed by atoms with Crippen molar-refractivity contribution in [2.24, 2.45) is 11.6 Å². The van der Waals surface area contributed by atoms with Crippen LogP contribution in [0.2, 0.25) is 0 Å². The summed E-state index contributed by atoms with van der Waals surface area (Å²) in [6.45, 7) is 8.96. The molecule has 0 aromatic heterocycles. The summed E-state index contributed by atoms with van der Waals surface area (Å²) < 4.78 is 10.1. The van der Waals surface area contributed by atoms with Crippen LogP contribution in [0.1, 0.15) is 37.0 Å². The minimum atomic E-state index is 0.150. The molecule has 2 rings (SSSR count). The first-order valence-electron chi connectivity index (χ1n) is 8.71. The maximum Gasteiger partial charge on any atom is 0.122 e. The molecule has 144 valence electrons. The molecule has 0 aliphatic rings. The van der Waals surface area contributed by atoms with Crippen molar-refractivity contribution in [1.29, 1.82) is 0 Å². The predicted octanol–water partition coefficient (Wildman–Crippen LogP) is 4.50. The van der Waals surface area contributed by atoms with E-state index in [9.17, 15) is 0 Å². The van der Waals surface area contributed by atoms with Crippen molar-refractivity contribution in [1.82, 2.24) is 0 Å². The molecule has 2 aromatic carbocycles. The van der Waals surface area contributed by atoms with Gasteiger partial charge in [-0.3, -0.25) is 0 Å². The first-order valence-corrected chi connectivity index (χ1v) is 9.45. The fourth-order valence-electron chi connectivity index (χ4n) is 2.22. The Morgan fingerprint density at radius 3 is 2.42 bits per heavy atom. The van der Waals surface area contributed by atoms with Crippen molar-refractivity contribution in [2.45, 2.75) is 51.5 Å². The summed E-state index contributed by atoms with van der Waals surface area (Å²) in [4.78, 5) is 5.04. The van der Waals surface area contributed by atoms with Gasteiger partial charge in [0.1, 0.15) is 5.75 Å². The van der Waals surface area contributed by atoms with Gasteiger partial charge in [-0.2, -0.15) is 5.90 Å². The molecule has 4 N–H and O–H groups in total. The standard InChI is InChI=1S/C10H16N2O2S.C10H14O/c1-7-3-4-9(5-8(2)11)6-10(7)15-14-13-12;1-3-8-11-10-7-5-4-6-9(10)2/h3-4,6,8H,5,11-12H2,1-2H3;4-7H,3,8H2,1-2H3/t8-;/m1./s1. The van der Waals surface area contributed by atoms with Crippen LogP contribution in [0.5, 0.6) is 5.75 Å². The van der Waals surface area contributed by atoms with Crippen LogP contribution in [-0.4, -0.2) is 12.6 Å². The Labute approximate surface area is 161 Å². The Kier molecular flexibility index (Phi) is 11.0. The molecule has 0 saturated carbocycles. The van der Waals surface area contributed by atoms with Gasteiger partial charge in [-0.25, -0.2) is 0 Å². The average Bonchev–Trinajstić information content (AvgIpc) is 2.61. The van der Waals surface area contributed by atoms with Gasteiger partial charge in [0.15, 0.2) is 0 Å². The van der Waals surface area contributed by atoms with Crippen molar-refractivity contribution in [2.75, 3.05) is 6.61 Å². The van der Waals surface area contributed by atoms with Gasteiger partial charge in [-0.15, -0.1) is 9.32 Å². The van der Waals surface area contributed by atoms with E-state index < -0.39 is 0 Å². The molecule has 0 aliphatic heterocycles. The number of ether oxygens (including phenoxy) is 1. The number of hydrogen-bond acceptors (Lipinski definition) is 6. The fraction of sp³-hybridized carbons (Fsp3) is 0.400. The van der Waals surface area contributed by atoms with E-state index in [2.05, 4.69) is 35.3 Å². The van der Waals surface area contributed by atoms with Crippen molar-refractivity contribution >= 4 is 12.0 Å². The van der Waals surface area contributed by atoms with Crippen LogP contribution in [0, 0.1) is 13.8 Å². The Balaban J connectivity index is 0.000000273.